The average molecular weight is 380 g/mol. The number of hydrogen-bond donors (Lipinski definition) is 2. The number of hydrogen-bond acceptors (Lipinski definition) is 4. The molecule has 2 N–H and O–H groups in total. The summed E-state index contributed by atoms with van der Waals surface area (Å²) in [4.78, 5) is 29.6. The molecule has 2 aromatic heterocycles. The van der Waals surface area contributed by atoms with E-state index in [4.69, 9.17) is 4.74 Å². The first-order valence-corrected chi connectivity index (χ1v) is 9.18. The fourth-order valence-corrected chi connectivity index (χ4v) is 2.95. The van der Waals surface area contributed by atoms with Crippen LogP contribution in [0.5, 0.6) is 0 Å². The predicted octanol–water partition coefficient (Wildman–Crippen LogP) is 2.34. The highest BCUT2D eigenvalue weighted by molar-refractivity contribution is 6.02. The smallest absolute Gasteiger partial charge is 0.287 e. The van der Waals surface area contributed by atoms with Gasteiger partial charge in [-0.25, -0.2) is 4.98 Å². The number of imidazole rings is 1. The Labute approximate surface area is 163 Å². The number of carbonyl (C=O) groups is 2. The molecule has 0 atom stereocenters. The minimum Gasteiger partial charge on any atom is -0.385 e. The molecule has 7 nitrogen and oxygen atoms in total. The van der Waals surface area contributed by atoms with Crippen molar-refractivity contribution >= 4 is 17.3 Å². The van der Waals surface area contributed by atoms with E-state index in [0.29, 0.717) is 31.6 Å². The van der Waals surface area contributed by atoms with Crippen LogP contribution in [-0.4, -0.2) is 41.5 Å². The maximum atomic E-state index is 12.7. The van der Waals surface area contributed by atoms with E-state index in [1.54, 1.807) is 29.8 Å². The van der Waals surface area contributed by atoms with Crippen LogP contribution in [0.4, 0.5) is 0 Å². The van der Waals surface area contributed by atoms with Crippen LogP contribution in [0.1, 0.15) is 38.7 Å². The molecule has 0 aliphatic rings. The van der Waals surface area contributed by atoms with Crippen molar-refractivity contribution in [2.75, 3.05) is 20.3 Å². The van der Waals surface area contributed by atoms with Gasteiger partial charge in [0.15, 0.2) is 5.69 Å². The Morgan fingerprint density at radius 3 is 2.75 bits per heavy atom. The molecular formula is C21H24N4O3. The number of ether oxygens (including phenoxy) is 1. The maximum Gasteiger partial charge on any atom is 0.287 e. The zero-order chi connectivity index (χ0) is 19.9. The molecule has 0 aliphatic heterocycles. The maximum absolute atomic E-state index is 12.7. The van der Waals surface area contributed by atoms with Crippen molar-refractivity contribution in [2.24, 2.45) is 0 Å². The molecule has 3 aromatic rings. The molecule has 7 heteroatoms. The summed E-state index contributed by atoms with van der Waals surface area (Å²) in [7, 11) is 1.62. The monoisotopic (exact) mass is 380 g/mol. The second-order valence-electron chi connectivity index (χ2n) is 6.51. The number of fused-ring (bicyclic) bond motifs is 1. The van der Waals surface area contributed by atoms with Crippen LogP contribution in [-0.2, 0) is 11.3 Å². The Morgan fingerprint density at radius 2 is 1.96 bits per heavy atom. The fourth-order valence-electron chi connectivity index (χ4n) is 2.95. The van der Waals surface area contributed by atoms with Gasteiger partial charge in [0.1, 0.15) is 0 Å². The number of aryl methyl sites for hydroxylation is 1. The van der Waals surface area contributed by atoms with Crippen LogP contribution in [0.15, 0.2) is 48.7 Å². The van der Waals surface area contributed by atoms with E-state index < -0.39 is 0 Å². The molecular weight excluding hydrogens is 356 g/mol. The van der Waals surface area contributed by atoms with Crippen molar-refractivity contribution in [1.29, 1.82) is 0 Å². The third-order valence-corrected chi connectivity index (χ3v) is 4.31. The molecule has 146 valence electrons. The molecule has 28 heavy (non-hydrogen) atoms. The van der Waals surface area contributed by atoms with Crippen LogP contribution in [0.2, 0.25) is 0 Å². The van der Waals surface area contributed by atoms with Gasteiger partial charge in [-0.2, -0.15) is 0 Å². The number of benzene rings is 1. The fraction of sp³-hybridized carbons (Fsp3) is 0.286. The van der Waals surface area contributed by atoms with Crippen LogP contribution in [0.25, 0.3) is 5.52 Å². The Balaban J connectivity index is 1.77. The lowest BCUT2D eigenvalue weighted by molar-refractivity contribution is 0.0937. The lowest BCUT2D eigenvalue weighted by Gasteiger charge is -2.05. The van der Waals surface area contributed by atoms with Gasteiger partial charge in [0.2, 0.25) is 5.82 Å². The van der Waals surface area contributed by atoms with Gasteiger partial charge in [0, 0.05) is 33.0 Å². The molecule has 0 unspecified atom stereocenters. The Kier molecular flexibility index (Phi) is 6.39. The third-order valence-electron chi connectivity index (χ3n) is 4.31. The molecule has 1 aromatic carbocycles. The summed E-state index contributed by atoms with van der Waals surface area (Å²) in [6, 6.07) is 13.3. The van der Waals surface area contributed by atoms with Crippen molar-refractivity contribution in [2.45, 2.75) is 19.9 Å². The summed E-state index contributed by atoms with van der Waals surface area (Å²) in [6.07, 6.45) is 2.43. The highest BCUT2D eigenvalue weighted by Crippen LogP contribution is 2.14. The van der Waals surface area contributed by atoms with Gasteiger partial charge in [-0.1, -0.05) is 35.9 Å². The van der Waals surface area contributed by atoms with Gasteiger partial charge in [-0.05, 0) is 31.0 Å². The number of carbonyl (C=O) groups excluding carboxylic acids is 2. The van der Waals surface area contributed by atoms with Crippen LogP contribution in [0, 0.1) is 6.92 Å². The number of aromatic nitrogens is 2. The van der Waals surface area contributed by atoms with E-state index in [1.807, 2.05) is 37.3 Å². The van der Waals surface area contributed by atoms with E-state index in [2.05, 4.69) is 15.6 Å². The average Bonchev–Trinajstić information content (AvgIpc) is 3.09. The van der Waals surface area contributed by atoms with E-state index in [0.717, 1.165) is 11.1 Å². The lowest BCUT2D eigenvalue weighted by atomic mass is 10.1. The van der Waals surface area contributed by atoms with Gasteiger partial charge in [-0.15, -0.1) is 0 Å². The Morgan fingerprint density at radius 1 is 1.11 bits per heavy atom. The van der Waals surface area contributed by atoms with Crippen molar-refractivity contribution < 1.29 is 14.3 Å². The molecule has 0 aliphatic carbocycles. The van der Waals surface area contributed by atoms with Crippen molar-refractivity contribution in [1.82, 2.24) is 20.0 Å². The lowest BCUT2D eigenvalue weighted by Crippen LogP contribution is -2.27. The molecule has 0 spiro atoms. The molecule has 0 fully saturated rings. The number of methoxy groups -OCH3 is 1. The molecule has 2 amide bonds. The van der Waals surface area contributed by atoms with Crippen molar-refractivity contribution in [3.63, 3.8) is 0 Å². The van der Waals surface area contributed by atoms with Crippen LogP contribution in [0.3, 0.4) is 0 Å². The summed E-state index contributed by atoms with van der Waals surface area (Å²) < 4.78 is 6.61. The zero-order valence-corrected chi connectivity index (χ0v) is 16.1. The molecule has 0 radical (unpaired) electrons. The largest absolute Gasteiger partial charge is 0.385 e. The van der Waals surface area contributed by atoms with Crippen LogP contribution >= 0.6 is 0 Å². The van der Waals surface area contributed by atoms with E-state index >= 15 is 0 Å². The summed E-state index contributed by atoms with van der Waals surface area (Å²) in [5.74, 6) is -0.451. The minimum absolute atomic E-state index is 0.189. The topological polar surface area (TPSA) is 84.7 Å². The van der Waals surface area contributed by atoms with E-state index in [-0.39, 0.29) is 23.3 Å². The number of pyridine rings is 1. The van der Waals surface area contributed by atoms with Crippen molar-refractivity contribution in [3.8, 4) is 0 Å². The zero-order valence-electron chi connectivity index (χ0n) is 16.1. The highest BCUT2D eigenvalue weighted by atomic mass is 16.5. The van der Waals surface area contributed by atoms with Crippen LogP contribution < -0.4 is 10.6 Å². The Hall–Kier alpha value is -3.19. The SMILES string of the molecule is COCCCNC(=O)c1nc(C(=O)NCc2cccc(C)c2)c2ccccn12. The first-order valence-electron chi connectivity index (χ1n) is 9.18. The molecule has 0 saturated heterocycles. The summed E-state index contributed by atoms with van der Waals surface area (Å²) >= 11 is 0. The van der Waals surface area contributed by atoms with Gasteiger partial charge in [0.25, 0.3) is 11.8 Å². The number of rotatable bonds is 8. The van der Waals surface area contributed by atoms with Gasteiger partial charge < -0.3 is 15.4 Å². The molecule has 0 saturated carbocycles. The van der Waals surface area contributed by atoms with Gasteiger partial charge >= 0.3 is 0 Å². The van der Waals surface area contributed by atoms with E-state index in [1.165, 1.54) is 0 Å². The highest BCUT2D eigenvalue weighted by Gasteiger charge is 2.21. The minimum atomic E-state index is -0.324. The first-order chi connectivity index (χ1) is 13.6. The van der Waals surface area contributed by atoms with Crippen molar-refractivity contribution in [3.05, 3.63) is 71.3 Å². The summed E-state index contributed by atoms with van der Waals surface area (Å²) in [5.41, 5.74) is 2.96. The Bertz CT molecular complexity index is 981. The third kappa shape index (κ3) is 4.55. The summed E-state index contributed by atoms with van der Waals surface area (Å²) in [6.45, 7) is 3.44. The predicted molar refractivity (Wildman–Crippen MR) is 106 cm³/mol. The molecule has 0 bridgehead atoms. The standard InChI is InChI=1S/C21H24N4O3/c1-15-7-5-8-16(13-15)14-23-20(26)18-17-9-3-4-11-25(17)19(24-18)21(27)22-10-6-12-28-2/h3-5,7-9,11,13H,6,10,12,14H2,1-2H3,(H,22,27)(H,23,26). The van der Waals surface area contributed by atoms with Gasteiger partial charge in [-0.3, -0.25) is 14.0 Å². The quantitative estimate of drug-likeness (QED) is 0.588. The molecule has 2 heterocycles. The first kappa shape index (κ1) is 19.6. The number of nitrogens with one attached hydrogen (secondary N) is 2. The number of nitrogens with zero attached hydrogens (tertiary/aromatic N) is 2. The number of amides is 2. The van der Waals surface area contributed by atoms with Gasteiger partial charge in [0.05, 0.1) is 5.52 Å². The second-order valence-corrected chi connectivity index (χ2v) is 6.51. The normalized spacial score (nSPS) is 10.8. The second kappa shape index (κ2) is 9.14. The molecule has 3 rings (SSSR count). The summed E-state index contributed by atoms with van der Waals surface area (Å²) in [5, 5.41) is 5.69. The van der Waals surface area contributed by atoms with E-state index in [9.17, 15) is 9.59 Å².